The van der Waals surface area contributed by atoms with E-state index in [-0.39, 0.29) is 23.5 Å². The summed E-state index contributed by atoms with van der Waals surface area (Å²) in [7, 11) is 0. The second kappa shape index (κ2) is 8.30. The quantitative estimate of drug-likeness (QED) is 0.616. The molecular formula is C23H20FN5O4. The van der Waals surface area contributed by atoms with Crippen molar-refractivity contribution in [3.63, 3.8) is 0 Å². The van der Waals surface area contributed by atoms with Gasteiger partial charge in [-0.25, -0.2) is 18.9 Å². The third-order valence-electron chi connectivity index (χ3n) is 5.51. The fraction of sp³-hybridized carbons (Fsp3) is 0.174. The smallest absolute Gasteiger partial charge is 0.333 e. The number of benzene rings is 2. The molecule has 4 rings (SSSR count). The maximum atomic E-state index is 13.4. The minimum Gasteiger partial charge on any atom is -0.478 e. The molecule has 1 atom stereocenters. The zero-order chi connectivity index (χ0) is 23.9. The highest BCUT2D eigenvalue weighted by Crippen LogP contribution is 2.37. The van der Waals surface area contributed by atoms with Crippen molar-refractivity contribution < 1.29 is 23.9 Å². The minimum absolute atomic E-state index is 0.0291. The van der Waals surface area contributed by atoms with Crippen LogP contribution in [0.5, 0.6) is 0 Å². The summed E-state index contributed by atoms with van der Waals surface area (Å²) in [4.78, 5) is 42.5. The molecule has 1 aliphatic heterocycles. The number of hydrogen-bond acceptors (Lipinski definition) is 5. The van der Waals surface area contributed by atoms with Gasteiger partial charge in [-0.3, -0.25) is 14.5 Å². The highest BCUT2D eigenvalue weighted by atomic mass is 19.1. The topological polar surface area (TPSA) is 131 Å². The molecule has 3 N–H and O–H groups in total. The van der Waals surface area contributed by atoms with Crippen LogP contribution in [0.3, 0.4) is 0 Å². The number of nitrogens with two attached hydrogens (primary N) is 1. The van der Waals surface area contributed by atoms with Crippen molar-refractivity contribution in [2.24, 2.45) is 5.73 Å². The van der Waals surface area contributed by atoms with E-state index in [0.717, 1.165) is 0 Å². The molecule has 0 saturated heterocycles. The van der Waals surface area contributed by atoms with Crippen LogP contribution in [0.4, 0.5) is 10.1 Å². The maximum absolute atomic E-state index is 13.4. The predicted octanol–water partition coefficient (Wildman–Crippen LogP) is 2.61. The number of anilines is 1. The summed E-state index contributed by atoms with van der Waals surface area (Å²) in [6.45, 7) is 3.35. The number of carbonyl (C=O) groups is 3. The number of halogens is 1. The van der Waals surface area contributed by atoms with Crippen molar-refractivity contribution in [2.45, 2.75) is 26.2 Å². The molecule has 0 saturated carbocycles. The molecule has 0 unspecified atom stereocenters. The van der Waals surface area contributed by atoms with Gasteiger partial charge in [0.2, 0.25) is 11.8 Å². The zero-order valence-electron chi connectivity index (χ0n) is 17.8. The van der Waals surface area contributed by atoms with Crippen molar-refractivity contribution in [1.29, 1.82) is 0 Å². The fourth-order valence-corrected chi connectivity index (χ4v) is 3.87. The second-order valence-corrected chi connectivity index (χ2v) is 7.72. The van der Waals surface area contributed by atoms with Crippen LogP contribution in [0.25, 0.3) is 5.69 Å². The molecule has 1 aliphatic rings. The summed E-state index contributed by atoms with van der Waals surface area (Å²) in [6.07, 6.45) is 2.54. The summed E-state index contributed by atoms with van der Waals surface area (Å²) in [5, 5.41) is 14.1. The summed E-state index contributed by atoms with van der Waals surface area (Å²) < 4.78 is 14.7. The maximum Gasteiger partial charge on any atom is 0.333 e. The Bertz CT molecular complexity index is 1310. The minimum atomic E-state index is -1.20. The van der Waals surface area contributed by atoms with E-state index in [1.807, 2.05) is 0 Å². The second-order valence-electron chi connectivity index (χ2n) is 7.72. The Morgan fingerprint density at radius 1 is 1.15 bits per heavy atom. The van der Waals surface area contributed by atoms with Crippen LogP contribution in [0.2, 0.25) is 0 Å². The van der Waals surface area contributed by atoms with Gasteiger partial charge in [-0.15, -0.1) is 0 Å². The Balaban J connectivity index is 1.88. The van der Waals surface area contributed by atoms with Crippen LogP contribution in [0, 0.1) is 19.7 Å². The first-order valence-electron chi connectivity index (χ1n) is 10.0. The number of aromatic nitrogens is 3. The SMILES string of the molecule is Cc1ncn(-c2cc(C(N)=O)c(C)cc2N2C=C(C(=O)O)[C@H](c3ccc(F)cc3)CC2=O)n1. The number of nitrogens with zero attached hydrogens (tertiary/aromatic N) is 4. The molecule has 2 amide bonds. The van der Waals surface area contributed by atoms with E-state index in [1.54, 1.807) is 19.9 Å². The van der Waals surface area contributed by atoms with E-state index in [0.29, 0.717) is 28.3 Å². The molecule has 3 aromatic rings. The van der Waals surface area contributed by atoms with Crippen LogP contribution in [0.15, 0.2) is 54.5 Å². The third-order valence-corrected chi connectivity index (χ3v) is 5.51. The molecule has 2 heterocycles. The van der Waals surface area contributed by atoms with Crippen molar-refractivity contribution in [1.82, 2.24) is 14.8 Å². The number of carboxylic acid groups (broad SMARTS) is 1. The molecule has 0 bridgehead atoms. The fourth-order valence-electron chi connectivity index (χ4n) is 3.87. The van der Waals surface area contributed by atoms with Crippen molar-refractivity contribution in [3.05, 3.63) is 82.8 Å². The van der Waals surface area contributed by atoms with Gasteiger partial charge in [0.05, 0.1) is 16.9 Å². The van der Waals surface area contributed by atoms with E-state index in [1.165, 1.54) is 52.4 Å². The number of carbonyl (C=O) groups excluding carboxylic acids is 2. The standard InChI is InChI=1S/C23H20FN5O4/c1-12-7-19(20(8-16(12)22(25)31)29-11-26-13(2)27-29)28-10-18(23(32)33)17(9-21(28)30)14-3-5-15(24)6-4-14/h3-8,10-11,17H,9H2,1-2H3,(H2,25,31)(H,32,33)/t17-/m0/s1. The van der Waals surface area contributed by atoms with Crippen LogP contribution >= 0.6 is 0 Å². The monoisotopic (exact) mass is 449 g/mol. The molecular weight excluding hydrogens is 429 g/mol. The van der Waals surface area contributed by atoms with E-state index in [2.05, 4.69) is 10.1 Å². The van der Waals surface area contributed by atoms with E-state index >= 15 is 0 Å². The lowest BCUT2D eigenvalue weighted by Gasteiger charge is -2.31. The Morgan fingerprint density at radius 3 is 2.42 bits per heavy atom. The van der Waals surface area contributed by atoms with Gasteiger partial charge in [0.1, 0.15) is 18.0 Å². The average molecular weight is 449 g/mol. The van der Waals surface area contributed by atoms with Crippen LogP contribution in [0.1, 0.15) is 39.6 Å². The lowest BCUT2D eigenvalue weighted by molar-refractivity contribution is -0.133. The Hall–Kier alpha value is -4.34. The zero-order valence-corrected chi connectivity index (χ0v) is 17.8. The highest BCUT2D eigenvalue weighted by Gasteiger charge is 2.34. The summed E-state index contributed by atoms with van der Waals surface area (Å²) >= 11 is 0. The average Bonchev–Trinajstić information content (AvgIpc) is 3.19. The van der Waals surface area contributed by atoms with Gasteiger partial charge < -0.3 is 10.8 Å². The molecule has 0 fully saturated rings. The first-order valence-corrected chi connectivity index (χ1v) is 10.0. The number of carboxylic acids is 1. The molecule has 2 aromatic carbocycles. The molecule has 0 spiro atoms. The van der Waals surface area contributed by atoms with Gasteiger partial charge in [0.25, 0.3) is 0 Å². The number of rotatable bonds is 5. The van der Waals surface area contributed by atoms with Gasteiger partial charge >= 0.3 is 5.97 Å². The first kappa shape index (κ1) is 21.9. The summed E-state index contributed by atoms with van der Waals surface area (Å²) in [6, 6.07) is 8.46. The normalized spacial score (nSPS) is 16.0. The third kappa shape index (κ3) is 4.10. The molecule has 168 valence electrons. The molecule has 0 radical (unpaired) electrons. The Kier molecular flexibility index (Phi) is 5.50. The van der Waals surface area contributed by atoms with Crippen LogP contribution < -0.4 is 10.6 Å². The Morgan fingerprint density at radius 2 is 1.85 bits per heavy atom. The van der Waals surface area contributed by atoms with Crippen LogP contribution in [-0.2, 0) is 9.59 Å². The lowest BCUT2D eigenvalue weighted by atomic mass is 9.85. The van der Waals surface area contributed by atoms with E-state index in [9.17, 15) is 23.9 Å². The van der Waals surface area contributed by atoms with Gasteiger partial charge in [-0.05, 0) is 49.2 Å². The van der Waals surface area contributed by atoms with Crippen molar-refractivity contribution in [3.8, 4) is 5.69 Å². The van der Waals surface area contributed by atoms with E-state index < -0.39 is 23.6 Å². The number of aryl methyl sites for hydroxylation is 2. The predicted molar refractivity (Wildman–Crippen MR) is 116 cm³/mol. The van der Waals surface area contributed by atoms with Crippen molar-refractivity contribution >= 4 is 23.5 Å². The first-order chi connectivity index (χ1) is 15.7. The van der Waals surface area contributed by atoms with E-state index in [4.69, 9.17) is 5.73 Å². The number of amides is 2. The molecule has 1 aromatic heterocycles. The number of hydrogen-bond donors (Lipinski definition) is 2. The molecule has 9 nitrogen and oxygen atoms in total. The van der Waals surface area contributed by atoms with Crippen LogP contribution in [-0.4, -0.2) is 37.7 Å². The molecule has 10 heteroatoms. The van der Waals surface area contributed by atoms with Gasteiger partial charge in [0, 0.05) is 24.1 Å². The Labute approximate surface area is 188 Å². The largest absolute Gasteiger partial charge is 0.478 e. The van der Waals surface area contributed by atoms with Gasteiger partial charge in [0.15, 0.2) is 0 Å². The number of primary amides is 1. The van der Waals surface area contributed by atoms with Crippen molar-refractivity contribution in [2.75, 3.05) is 4.90 Å². The van der Waals surface area contributed by atoms with Gasteiger partial charge in [-0.1, -0.05) is 12.1 Å². The number of aliphatic carboxylic acids is 1. The summed E-state index contributed by atoms with van der Waals surface area (Å²) in [5.41, 5.74) is 7.39. The van der Waals surface area contributed by atoms with Gasteiger partial charge in [-0.2, -0.15) is 5.10 Å². The highest BCUT2D eigenvalue weighted by molar-refractivity contribution is 6.04. The summed E-state index contributed by atoms with van der Waals surface area (Å²) in [5.74, 6) is -2.97. The molecule has 0 aliphatic carbocycles. The lowest BCUT2D eigenvalue weighted by Crippen LogP contribution is -2.35. The molecule has 33 heavy (non-hydrogen) atoms.